The first-order valence-corrected chi connectivity index (χ1v) is 9.78. The molecule has 2 aromatic rings. The van der Waals surface area contributed by atoms with E-state index in [1.165, 1.54) is 11.1 Å². The SMILES string of the molecule is CCc1ccc(Cc2ccc3c(c2)[C@](N)(OC(CO)C(O)[C@@H](O)CO)OC3)cc1. The number of rotatable bonds is 9. The molecule has 4 atom stereocenters. The van der Waals surface area contributed by atoms with Gasteiger partial charge < -0.3 is 29.9 Å². The Morgan fingerprint density at radius 2 is 1.69 bits per heavy atom. The highest BCUT2D eigenvalue weighted by atomic mass is 16.7. The summed E-state index contributed by atoms with van der Waals surface area (Å²) in [5.41, 5.74) is 11.3. The average Bonchev–Trinajstić information content (AvgIpc) is 3.07. The summed E-state index contributed by atoms with van der Waals surface area (Å²) in [4.78, 5) is 0. The summed E-state index contributed by atoms with van der Waals surface area (Å²) in [7, 11) is 0. The molecule has 2 aromatic carbocycles. The monoisotopic (exact) mass is 403 g/mol. The number of nitrogens with two attached hydrogens (primary N) is 1. The third-order valence-electron chi connectivity index (χ3n) is 5.30. The Bertz CT molecular complexity index is 811. The number of benzene rings is 2. The van der Waals surface area contributed by atoms with E-state index in [9.17, 15) is 15.3 Å². The van der Waals surface area contributed by atoms with Crippen molar-refractivity contribution < 1.29 is 29.9 Å². The summed E-state index contributed by atoms with van der Waals surface area (Å²) in [6.45, 7) is 1.08. The van der Waals surface area contributed by atoms with Crippen molar-refractivity contribution >= 4 is 0 Å². The molecule has 1 aliphatic heterocycles. The second kappa shape index (κ2) is 9.32. The first kappa shape index (κ1) is 21.9. The number of hydrogen-bond donors (Lipinski definition) is 5. The fraction of sp³-hybridized carbons (Fsp3) is 0.455. The molecule has 1 aliphatic rings. The van der Waals surface area contributed by atoms with Gasteiger partial charge in [0, 0.05) is 5.56 Å². The van der Waals surface area contributed by atoms with Gasteiger partial charge in [0.2, 0.25) is 0 Å². The molecule has 0 saturated carbocycles. The van der Waals surface area contributed by atoms with Crippen LogP contribution < -0.4 is 5.73 Å². The predicted octanol–water partition coefficient (Wildman–Crippen LogP) is 0.531. The van der Waals surface area contributed by atoms with E-state index in [1.807, 2.05) is 18.2 Å². The van der Waals surface area contributed by atoms with Crippen LogP contribution in [-0.2, 0) is 34.8 Å². The maximum absolute atomic E-state index is 10.1. The summed E-state index contributed by atoms with van der Waals surface area (Å²) >= 11 is 0. The van der Waals surface area contributed by atoms with Gasteiger partial charge in [0.05, 0.1) is 19.8 Å². The standard InChI is InChI=1S/C22H29NO6/c1-2-14-3-5-15(6-4-14)9-16-7-8-17-13-28-22(23,18(17)10-16)29-20(12-25)21(27)19(26)11-24/h3-8,10,19-21,24-27H,2,9,11-13,23H2,1H3/t19-,20?,21?,22+/m0/s1. The fourth-order valence-electron chi connectivity index (χ4n) is 3.47. The van der Waals surface area contributed by atoms with Crippen LogP contribution in [0.1, 0.15) is 34.7 Å². The van der Waals surface area contributed by atoms with Crippen molar-refractivity contribution in [2.45, 2.75) is 50.6 Å². The third-order valence-corrected chi connectivity index (χ3v) is 5.30. The van der Waals surface area contributed by atoms with Gasteiger partial charge in [0.25, 0.3) is 5.91 Å². The predicted molar refractivity (Wildman–Crippen MR) is 107 cm³/mol. The van der Waals surface area contributed by atoms with Crippen molar-refractivity contribution in [2.24, 2.45) is 5.73 Å². The Hall–Kier alpha value is -1.84. The first-order chi connectivity index (χ1) is 13.9. The maximum atomic E-state index is 10.1. The van der Waals surface area contributed by atoms with Crippen molar-refractivity contribution in [3.8, 4) is 0 Å². The zero-order valence-corrected chi connectivity index (χ0v) is 16.5. The molecule has 0 aromatic heterocycles. The quantitative estimate of drug-likeness (QED) is 0.387. The number of aliphatic hydroxyl groups is 4. The molecule has 7 nitrogen and oxygen atoms in total. The van der Waals surface area contributed by atoms with E-state index in [4.69, 9.17) is 20.3 Å². The Kier molecular flexibility index (Phi) is 7.02. The summed E-state index contributed by atoms with van der Waals surface area (Å²) in [5.74, 6) is -1.67. The lowest BCUT2D eigenvalue weighted by Crippen LogP contribution is -2.50. The van der Waals surface area contributed by atoms with Gasteiger partial charge in [-0.2, -0.15) is 0 Å². The van der Waals surface area contributed by atoms with E-state index in [2.05, 4.69) is 31.2 Å². The minimum absolute atomic E-state index is 0.230. The van der Waals surface area contributed by atoms with Gasteiger partial charge >= 0.3 is 0 Å². The maximum Gasteiger partial charge on any atom is 0.254 e. The van der Waals surface area contributed by atoms with Crippen LogP contribution in [0.25, 0.3) is 0 Å². The van der Waals surface area contributed by atoms with Crippen molar-refractivity contribution in [3.63, 3.8) is 0 Å². The second-order valence-electron chi connectivity index (χ2n) is 7.37. The second-order valence-corrected chi connectivity index (χ2v) is 7.37. The first-order valence-electron chi connectivity index (χ1n) is 9.78. The average molecular weight is 403 g/mol. The van der Waals surface area contributed by atoms with E-state index in [0.717, 1.165) is 17.5 Å². The van der Waals surface area contributed by atoms with Crippen LogP contribution in [-0.4, -0.2) is 52.0 Å². The minimum Gasteiger partial charge on any atom is -0.394 e. The lowest BCUT2D eigenvalue weighted by atomic mass is 9.98. The number of fused-ring (bicyclic) bond motifs is 1. The van der Waals surface area contributed by atoms with Gasteiger partial charge in [-0.1, -0.05) is 43.3 Å². The molecule has 1 heterocycles. The molecule has 0 saturated heterocycles. The van der Waals surface area contributed by atoms with Crippen LogP contribution in [0.15, 0.2) is 42.5 Å². The highest BCUT2D eigenvalue weighted by Crippen LogP contribution is 2.36. The molecular weight excluding hydrogens is 374 g/mol. The van der Waals surface area contributed by atoms with E-state index >= 15 is 0 Å². The molecular formula is C22H29NO6. The third kappa shape index (κ3) is 4.84. The number of ether oxygens (including phenoxy) is 2. The number of aliphatic hydroxyl groups excluding tert-OH is 4. The molecule has 0 fully saturated rings. The molecule has 0 radical (unpaired) electrons. The van der Waals surface area contributed by atoms with Gasteiger partial charge in [0.1, 0.15) is 18.3 Å². The molecule has 158 valence electrons. The highest BCUT2D eigenvalue weighted by molar-refractivity contribution is 5.39. The Morgan fingerprint density at radius 3 is 2.31 bits per heavy atom. The van der Waals surface area contributed by atoms with Crippen molar-refractivity contribution in [2.75, 3.05) is 13.2 Å². The summed E-state index contributed by atoms with van der Waals surface area (Å²) in [5, 5.41) is 38.3. The minimum atomic E-state index is -1.67. The summed E-state index contributed by atoms with van der Waals surface area (Å²) in [6.07, 6.45) is -2.50. The smallest absolute Gasteiger partial charge is 0.254 e. The summed E-state index contributed by atoms with van der Waals surface area (Å²) < 4.78 is 11.3. The highest BCUT2D eigenvalue weighted by Gasteiger charge is 2.42. The van der Waals surface area contributed by atoms with Gasteiger partial charge in [-0.3, -0.25) is 5.73 Å². The van der Waals surface area contributed by atoms with Crippen molar-refractivity contribution in [3.05, 3.63) is 70.3 Å². The molecule has 0 amide bonds. The van der Waals surface area contributed by atoms with Crippen LogP contribution in [0.5, 0.6) is 0 Å². The Labute approximate surface area is 170 Å². The topological polar surface area (TPSA) is 125 Å². The lowest BCUT2D eigenvalue weighted by Gasteiger charge is -2.33. The molecule has 0 aliphatic carbocycles. The van der Waals surface area contributed by atoms with E-state index in [0.29, 0.717) is 12.0 Å². The molecule has 2 unspecified atom stereocenters. The Morgan fingerprint density at radius 1 is 1.03 bits per heavy atom. The molecule has 29 heavy (non-hydrogen) atoms. The van der Waals surface area contributed by atoms with Gasteiger partial charge in [-0.25, -0.2) is 0 Å². The molecule has 3 rings (SSSR count). The molecule has 7 heteroatoms. The van der Waals surface area contributed by atoms with Gasteiger partial charge in [-0.05, 0) is 41.2 Å². The van der Waals surface area contributed by atoms with Gasteiger partial charge in [-0.15, -0.1) is 0 Å². The normalized spacial score (nSPS) is 21.6. The van der Waals surface area contributed by atoms with Crippen molar-refractivity contribution in [1.82, 2.24) is 0 Å². The lowest BCUT2D eigenvalue weighted by molar-refractivity contribution is -0.283. The summed E-state index contributed by atoms with van der Waals surface area (Å²) in [6, 6.07) is 14.3. The van der Waals surface area contributed by atoms with Crippen LogP contribution in [0.2, 0.25) is 0 Å². The molecule has 0 spiro atoms. The van der Waals surface area contributed by atoms with E-state index in [-0.39, 0.29) is 6.61 Å². The van der Waals surface area contributed by atoms with E-state index in [1.54, 1.807) is 0 Å². The zero-order valence-electron chi connectivity index (χ0n) is 16.5. The van der Waals surface area contributed by atoms with Crippen LogP contribution in [0, 0.1) is 0 Å². The largest absolute Gasteiger partial charge is 0.394 e. The number of aryl methyl sites for hydroxylation is 1. The van der Waals surface area contributed by atoms with Crippen LogP contribution in [0.4, 0.5) is 0 Å². The van der Waals surface area contributed by atoms with Gasteiger partial charge in [0.15, 0.2) is 0 Å². The van der Waals surface area contributed by atoms with E-state index < -0.39 is 37.4 Å². The molecule has 6 N–H and O–H groups in total. The zero-order chi connectivity index (χ0) is 21.0. The number of hydrogen-bond acceptors (Lipinski definition) is 7. The van der Waals surface area contributed by atoms with Crippen LogP contribution in [0.3, 0.4) is 0 Å². The Balaban J connectivity index is 1.80. The van der Waals surface area contributed by atoms with Crippen molar-refractivity contribution in [1.29, 1.82) is 0 Å². The van der Waals surface area contributed by atoms with Crippen LogP contribution >= 0.6 is 0 Å². The molecule has 0 bridgehead atoms. The fourth-order valence-corrected chi connectivity index (χ4v) is 3.47.